The van der Waals surface area contributed by atoms with Crippen LogP contribution in [0.2, 0.25) is 5.02 Å². The highest BCUT2D eigenvalue weighted by Crippen LogP contribution is 2.32. The standard InChI is InChI=1S/C18H14ClN3O3/c19-14-2-4-15(5-3-14)22-18(23)13(8-20)10-21-9-12-1-6-16-17(7-12)25-11-24-16/h1-7,10,21H,9,11H2,(H,22,23)/b13-10-. The first-order valence-electron chi connectivity index (χ1n) is 7.45. The normalized spacial score (nSPS) is 12.4. The van der Waals surface area contributed by atoms with E-state index in [1.807, 2.05) is 24.3 Å². The van der Waals surface area contributed by atoms with Crippen molar-refractivity contribution in [1.29, 1.82) is 5.26 Å². The molecule has 2 N–H and O–H groups in total. The molecule has 1 aliphatic rings. The molecule has 6 nitrogen and oxygen atoms in total. The van der Waals surface area contributed by atoms with Crippen LogP contribution < -0.4 is 20.1 Å². The van der Waals surface area contributed by atoms with Gasteiger partial charge in [0, 0.05) is 23.5 Å². The Morgan fingerprint density at radius 2 is 1.96 bits per heavy atom. The van der Waals surface area contributed by atoms with Crippen molar-refractivity contribution >= 4 is 23.2 Å². The predicted octanol–water partition coefficient (Wildman–Crippen LogP) is 3.20. The van der Waals surface area contributed by atoms with Gasteiger partial charge in [-0.05, 0) is 42.0 Å². The fraction of sp³-hybridized carbons (Fsp3) is 0.111. The SMILES string of the molecule is N#C/C(=C/NCc1ccc2c(c1)OCO2)C(=O)Nc1ccc(Cl)cc1. The third kappa shape index (κ3) is 4.22. The number of fused-ring (bicyclic) bond motifs is 1. The zero-order valence-electron chi connectivity index (χ0n) is 13.1. The lowest BCUT2D eigenvalue weighted by molar-refractivity contribution is -0.112. The molecule has 0 fully saturated rings. The second kappa shape index (κ2) is 7.60. The van der Waals surface area contributed by atoms with Gasteiger partial charge in [-0.25, -0.2) is 0 Å². The third-order valence-corrected chi connectivity index (χ3v) is 3.71. The second-order valence-corrected chi connectivity index (χ2v) is 5.64. The molecule has 0 saturated heterocycles. The molecule has 0 spiro atoms. The first-order chi connectivity index (χ1) is 12.2. The van der Waals surface area contributed by atoms with Crippen molar-refractivity contribution in [2.24, 2.45) is 0 Å². The first kappa shape index (κ1) is 16.7. The molecule has 7 heteroatoms. The van der Waals surface area contributed by atoms with Crippen LogP contribution in [0, 0.1) is 11.3 Å². The molecule has 0 radical (unpaired) electrons. The molecule has 3 rings (SSSR count). The van der Waals surface area contributed by atoms with Crippen molar-refractivity contribution in [2.45, 2.75) is 6.54 Å². The van der Waals surface area contributed by atoms with E-state index in [1.165, 1.54) is 6.20 Å². The average Bonchev–Trinajstić information content (AvgIpc) is 3.08. The number of benzene rings is 2. The van der Waals surface area contributed by atoms with E-state index in [0.717, 1.165) is 5.56 Å². The van der Waals surface area contributed by atoms with Crippen molar-refractivity contribution in [2.75, 3.05) is 12.1 Å². The smallest absolute Gasteiger partial charge is 0.267 e. The van der Waals surface area contributed by atoms with Gasteiger partial charge in [0.25, 0.3) is 5.91 Å². The van der Waals surface area contributed by atoms with Gasteiger partial charge in [-0.15, -0.1) is 0 Å². The first-order valence-corrected chi connectivity index (χ1v) is 7.82. The molecule has 25 heavy (non-hydrogen) atoms. The van der Waals surface area contributed by atoms with Crippen LogP contribution in [0.1, 0.15) is 5.56 Å². The Balaban J connectivity index is 1.59. The van der Waals surface area contributed by atoms with Gasteiger partial charge in [-0.3, -0.25) is 4.79 Å². The van der Waals surface area contributed by atoms with Crippen LogP contribution in [0.5, 0.6) is 11.5 Å². The van der Waals surface area contributed by atoms with Crippen molar-refractivity contribution in [1.82, 2.24) is 5.32 Å². The topological polar surface area (TPSA) is 83.4 Å². The van der Waals surface area contributed by atoms with Gasteiger partial charge >= 0.3 is 0 Å². The van der Waals surface area contributed by atoms with E-state index >= 15 is 0 Å². The Morgan fingerprint density at radius 1 is 1.20 bits per heavy atom. The molecule has 0 aromatic heterocycles. The summed E-state index contributed by atoms with van der Waals surface area (Å²) in [7, 11) is 0. The summed E-state index contributed by atoms with van der Waals surface area (Å²) >= 11 is 5.80. The summed E-state index contributed by atoms with van der Waals surface area (Å²) in [6.45, 7) is 0.658. The predicted molar refractivity (Wildman–Crippen MR) is 93.2 cm³/mol. The van der Waals surface area contributed by atoms with Crippen molar-refractivity contribution in [3.63, 3.8) is 0 Å². The molecule has 0 atom stereocenters. The van der Waals surface area contributed by atoms with Crippen LogP contribution in [0.4, 0.5) is 5.69 Å². The number of nitrogens with one attached hydrogen (secondary N) is 2. The van der Waals surface area contributed by atoms with Crippen LogP contribution in [0.15, 0.2) is 54.2 Å². The van der Waals surface area contributed by atoms with Gasteiger partial charge in [0.2, 0.25) is 6.79 Å². The van der Waals surface area contributed by atoms with Crippen LogP contribution in [-0.2, 0) is 11.3 Å². The van der Waals surface area contributed by atoms with E-state index in [4.69, 9.17) is 26.3 Å². The van der Waals surface area contributed by atoms with E-state index in [2.05, 4.69) is 10.6 Å². The Kier molecular flexibility index (Phi) is 5.07. The fourth-order valence-corrected chi connectivity index (χ4v) is 2.33. The molecular formula is C18H14ClN3O3. The fourth-order valence-electron chi connectivity index (χ4n) is 2.20. The number of halogens is 1. The number of ether oxygens (including phenoxy) is 2. The molecule has 2 aromatic rings. The lowest BCUT2D eigenvalue weighted by Crippen LogP contribution is -2.16. The number of amides is 1. The van der Waals surface area contributed by atoms with E-state index in [-0.39, 0.29) is 12.4 Å². The van der Waals surface area contributed by atoms with Crippen LogP contribution in [0.25, 0.3) is 0 Å². The molecule has 0 unspecified atom stereocenters. The molecule has 126 valence electrons. The Morgan fingerprint density at radius 3 is 2.72 bits per heavy atom. The summed E-state index contributed by atoms with van der Waals surface area (Å²) in [6, 6.07) is 14.1. The number of anilines is 1. The molecule has 1 aliphatic heterocycles. The summed E-state index contributed by atoms with van der Waals surface area (Å²) < 4.78 is 10.6. The lowest BCUT2D eigenvalue weighted by Gasteiger charge is -2.06. The summed E-state index contributed by atoms with van der Waals surface area (Å²) in [5, 5.41) is 15.3. The largest absolute Gasteiger partial charge is 0.454 e. The maximum absolute atomic E-state index is 12.1. The molecule has 1 heterocycles. The quantitative estimate of drug-likeness (QED) is 0.635. The number of hydrogen-bond donors (Lipinski definition) is 2. The van der Waals surface area contributed by atoms with Gasteiger partial charge < -0.3 is 20.1 Å². The van der Waals surface area contributed by atoms with Crippen molar-refractivity contribution < 1.29 is 14.3 Å². The highest BCUT2D eigenvalue weighted by molar-refractivity contribution is 6.30. The zero-order valence-corrected chi connectivity index (χ0v) is 13.8. The average molecular weight is 356 g/mol. The van der Waals surface area contributed by atoms with Crippen LogP contribution >= 0.6 is 11.6 Å². The minimum atomic E-state index is -0.497. The number of hydrogen-bond acceptors (Lipinski definition) is 5. The van der Waals surface area contributed by atoms with Gasteiger partial charge in [0.1, 0.15) is 11.6 Å². The van der Waals surface area contributed by atoms with Gasteiger partial charge in [-0.1, -0.05) is 17.7 Å². The number of rotatable bonds is 5. The monoisotopic (exact) mass is 355 g/mol. The maximum atomic E-state index is 12.1. The van der Waals surface area contributed by atoms with Crippen LogP contribution in [-0.4, -0.2) is 12.7 Å². The maximum Gasteiger partial charge on any atom is 0.267 e. The lowest BCUT2D eigenvalue weighted by atomic mass is 10.2. The number of nitriles is 1. The molecule has 0 aliphatic carbocycles. The van der Waals surface area contributed by atoms with E-state index < -0.39 is 5.91 Å². The Bertz CT molecular complexity index is 857. The van der Waals surface area contributed by atoms with Crippen LogP contribution in [0.3, 0.4) is 0 Å². The number of carbonyl (C=O) groups excluding carboxylic acids is 1. The van der Waals surface area contributed by atoms with E-state index in [0.29, 0.717) is 28.8 Å². The van der Waals surface area contributed by atoms with Gasteiger partial charge in [-0.2, -0.15) is 5.26 Å². The number of carbonyl (C=O) groups is 1. The molecular weight excluding hydrogens is 342 g/mol. The van der Waals surface area contributed by atoms with Crippen molar-refractivity contribution in [3.8, 4) is 17.6 Å². The van der Waals surface area contributed by atoms with E-state index in [1.54, 1.807) is 24.3 Å². The molecule has 0 saturated carbocycles. The summed E-state index contributed by atoms with van der Waals surface area (Å²) in [5.41, 5.74) is 1.47. The minimum absolute atomic E-state index is 0.0318. The summed E-state index contributed by atoms with van der Waals surface area (Å²) in [4.78, 5) is 12.1. The summed E-state index contributed by atoms with van der Waals surface area (Å²) in [6.07, 6.45) is 1.38. The third-order valence-electron chi connectivity index (χ3n) is 3.46. The molecule has 0 bridgehead atoms. The summed E-state index contributed by atoms with van der Waals surface area (Å²) in [5.74, 6) is 0.895. The van der Waals surface area contributed by atoms with E-state index in [9.17, 15) is 4.79 Å². The second-order valence-electron chi connectivity index (χ2n) is 5.20. The number of nitrogens with zero attached hydrogens (tertiary/aromatic N) is 1. The van der Waals surface area contributed by atoms with Gasteiger partial charge in [0.15, 0.2) is 11.5 Å². The van der Waals surface area contributed by atoms with Gasteiger partial charge in [0.05, 0.1) is 0 Å². The Labute approximate surface area is 149 Å². The highest BCUT2D eigenvalue weighted by atomic mass is 35.5. The molecule has 1 amide bonds. The van der Waals surface area contributed by atoms with Crippen molar-refractivity contribution in [3.05, 3.63) is 64.8 Å². The highest BCUT2D eigenvalue weighted by Gasteiger charge is 2.13. The zero-order chi connectivity index (χ0) is 17.6. The minimum Gasteiger partial charge on any atom is -0.454 e. The molecule has 2 aromatic carbocycles. The Hall–Kier alpha value is -3.17.